The van der Waals surface area contributed by atoms with Crippen LogP contribution in [0.4, 0.5) is 0 Å². The van der Waals surface area contributed by atoms with Crippen LogP contribution in [0.5, 0.6) is 0 Å². The van der Waals surface area contributed by atoms with Gasteiger partial charge in [-0.2, -0.15) is 0 Å². The van der Waals surface area contributed by atoms with E-state index in [0.717, 1.165) is 13.1 Å². The number of hydrogen-bond donors (Lipinski definition) is 0. The third-order valence-corrected chi connectivity index (χ3v) is 2.97. The first kappa shape index (κ1) is 15.4. The molecule has 0 radical (unpaired) electrons. The van der Waals surface area contributed by atoms with Crippen LogP contribution in [-0.4, -0.2) is 74.6 Å². The summed E-state index contributed by atoms with van der Waals surface area (Å²) in [4.78, 5) is 37.7. The molecule has 0 saturated carbocycles. The Morgan fingerprint density at radius 3 is 2.16 bits per heavy atom. The maximum absolute atomic E-state index is 11.7. The van der Waals surface area contributed by atoms with Crippen LogP contribution in [0.2, 0.25) is 0 Å². The van der Waals surface area contributed by atoms with E-state index in [4.69, 9.17) is 4.74 Å². The summed E-state index contributed by atoms with van der Waals surface area (Å²) in [7, 11) is 3.25. The van der Waals surface area contributed by atoms with Gasteiger partial charge < -0.3 is 19.3 Å². The molecule has 0 unspecified atom stereocenters. The van der Waals surface area contributed by atoms with Crippen LogP contribution < -0.4 is 0 Å². The molecule has 7 nitrogen and oxygen atoms in total. The van der Waals surface area contributed by atoms with Gasteiger partial charge in [0.15, 0.2) is 6.61 Å². The van der Waals surface area contributed by atoms with Crippen molar-refractivity contribution in [2.45, 2.75) is 12.8 Å². The summed E-state index contributed by atoms with van der Waals surface area (Å²) in [5, 5.41) is 0. The number of hydrogen-bond acceptors (Lipinski definition) is 6. The molecule has 0 atom stereocenters. The van der Waals surface area contributed by atoms with Crippen molar-refractivity contribution in [1.29, 1.82) is 0 Å². The highest BCUT2D eigenvalue weighted by atomic mass is 16.5. The molecule has 0 spiro atoms. The first-order valence-corrected chi connectivity index (χ1v) is 6.21. The lowest BCUT2D eigenvalue weighted by atomic mass is 10.3. The molecule has 0 aromatic heterocycles. The minimum atomic E-state index is -0.562. The predicted molar refractivity (Wildman–Crippen MR) is 66.3 cm³/mol. The van der Waals surface area contributed by atoms with Gasteiger partial charge in [-0.05, 0) is 7.05 Å². The van der Waals surface area contributed by atoms with E-state index in [2.05, 4.69) is 9.64 Å². The standard InChI is InChI=1S/C12H20N2O5/c1-13-5-7-14(8-6-13)10(15)9-19-12(17)4-3-11(16)18-2/h3-9H2,1-2H3. The summed E-state index contributed by atoms with van der Waals surface area (Å²) in [5.41, 5.74) is 0. The average Bonchev–Trinajstić information content (AvgIpc) is 2.42. The first-order chi connectivity index (χ1) is 9.02. The zero-order chi connectivity index (χ0) is 14.3. The van der Waals surface area contributed by atoms with Crippen LogP contribution in [-0.2, 0) is 23.9 Å². The molecule has 1 amide bonds. The number of methoxy groups -OCH3 is 1. The fourth-order valence-corrected chi connectivity index (χ4v) is 1.67. The average molecular weight is 272 g/mol. The van der Waals surface area contributed by atoms with E-state index in [0.29, 0.717) is 13.1 Å². The normalized spacial score (nSPS) is 16.0. The maximum atomic E-state index is 11.7. The highest BCUT2D eigenvalue weighted by Crippen LogP contribution is 2.01. The van der Waals surface area contributed by atoms with Gasteiger partial charge in [0.2, 0.25) is 0 Å². The number of carbonyl (C=O) groups is 3. The minimum absolute atomic E-state index is 0.0297. The molecule has 7 heteroatoms. The number of nitrogens with zero attached hydrogens (tertiary/aromatic N) is 2. The summed E-state index contributed by atoms with van der Waals surface area (Å²) in [5.74, 6) is -1.23. The second-order valence-corrected chi connectivity index (χ2v) is 4.42. The molecular formula is C12H20N2O5. The molecule has 0 aliphatic carbocycles. The van der Waals surface area contributed by atoms with Gasteiger partial charge >= 0.3 is 11.9 Å². The summed E-state index contributed by atoms with van der Waals surface area (Å²) in [6, 6.07) is 0. The Bertz CT molecular complexity index is 337. The molecule has 0 aromatic carbocycles. The summed E-state index contributed by atoms with van der Waals surface area (Å²) in [6.45, 7) is 2.68. The Kier molecular flexibility index (Phi) is 6.27. The molecule has 1 heterocycles. The lowest BCUT2D eigenvalue weighted by Crippen LogP contribution is -2.48. The Morgan fingerprint density at radius 2 is 1.58 bits per heavy atom. The number of rotatable bonds is 5. The molecule has 0 N–H and O–H groups in total. The Labute approximate surface area is 112 Å². The highest BCUT2D eigenvalue weighted by molar-refractivity contribution is 5.82. The number of ether oxygens (including phenoxy) is 2. The lowest BCUT2D eigenvalue weighted by molar-refractivity contribution is -0.154. The Morgan fingerprint density at radius 1 is 1.00 bits per heavy atom. The zero-order valence-electron chi connectivity index (χ0n) is 11.4. The van der Waals surface area contributed by atoms with E-state index in [1.165, 1.54) is 7.11 Å². The van der Waals surface area contributed by atoms with E-state index < -0.39 is 11.9 Å². The van der Waals surface area contributed by atoms with Gasteiger partial charge in [0.1, 0.15) is 0 Å². The van der Waals surface area contributed by atoms with Crippen molar-refractivity contribution in [3.8, 4) is 0 Å². The van der Waals surface area contributed by atoms with Crippen molar-refractivity contribution in [2.75, 3.05) is 46.9 Å². The monoisotopic (exact) mass is 272 g/mol. The van der Waals surface area contributed by atoms with E-state index in [1.54, 1.807) is 4.90 Å². The predicted octanol–water partition coefficient (Wildman–Crippen LogP) is -0.743. The van der Waals surface area contributed by atoms with Gasteiger partial charge in [-0.1, -0.05) is 0 Å². The Balaban J connectivity index is 2.19. The maximum Gasteiger partial charge on any atom is 0.306 e. The number of piperazine rings is 1. The van der Waals surface area contributed by atoms with E-state index in [1.807, 2.05) is 7.05 Å². The number of carbonyl (C=O) groups excluding carboxylic acids is 3. The van der Waals surface area contributed by atoms with E-state index >= 15 is 0 Å². The smallest absolute Gasteiger partial charge is 0.306 e. The van der Waals surface area contributed by atoms with Gasteiger partial charge in [-0.25, -0.2) is 0 Å². The van der Waals surface area contributed by atoms with Gasteiger partial charge in [-0.3, -0.25) is 14.4 Å². The van der Waals surface area contributed by atoms with Crippen molar-refractivity contribution in [2.24, 2.45) is 0 Å². The van der Waals surface area contributed by atoms with Crippen molar-refractivity contribution < 1.29 is 23.9 Å². The van der Waals surface area contributed by atoms with E-state index in [-0.39, 0.29) is 25.4 Å². The summed E-state index contributed by atoms with van der Waals surface area (Å²) in [6.07, 6.45) is -0.0965. The largest absolute Gasteiger partial charge is 0.469 e. The van der Waals surface area contributed by atoms with Crippen LogP contribution in [0.15, 0.2) is 0 Å². The third kappa shape index (κ3) is 5.69. The molecule has 1 fully saturated rings. The molecular weight excluding hydrogens is 252 g/mol. The molecule has 0 aromatic rings. The molecule has 1 saturated heterocycles. The first-order valence-electron chi connectivity index (χ1n) is 6.21. The van der Waals surface area contributed by atoms with Crippen molar-refractivity contribution in [3.63, 3.8) is 0 Å². The summed E-state index contributed by atoms with van der Waals surface area (Å²) >= 11 is 0. The van der Waals surface area contributed by atoms with Crippen LogP contribution in [0.1, 0.15) is 12.8 Å². The van der Waals surface area contributed by atoms with Crippen molar-refractivity contribution in [3.05, 3.63) is 0 Å². The minimum Gasteiger partial charge on any atom is -0.469 e. The number of likely N-dealkylation sites (N-methyl/N-ethyl adjacent to an activating group) is 1. The van der Waals surface area contributed by atoms with Gasteiger partial charge in [0.25, 0.3) is 5.91 Å². The SMILES string of the molecule is COC(=O)CCC(=O)OCC(=O)N1CCN(C)CC1. The van der Waals surface area contributed by atoms with Crippen LogP contribution >= 0.6 is 0 Å². The number of esters is 2. The molecule has 1 rings (SSSR count). The topological polar surface area (TPSA) is 76.2 Å². The van der Waals surface area contributed by atoms with Crippen LogP contribution in [0.3, 0.4) is 0 Å². The van der Waals surface area contributed by atoms with Crippen LogP contribution in [0.25, 0.3) is 0 Å². The second kappa shape index (κ2) is 7.73. The fraction of sp³-hybridized carbons (Fsp3) is 0.750. The van der Waals surface area contributed by atoms with Crippen molar-refractivity contribution in [1.82, 2.24) is 9.80 Å². The molecule has 1 aliphatic rings. The van der Waals surface area contributed by atoms with E-state index in [9.17, 15) is 14.4 Å². The van der Waals surface area contributed by atoms with Gasteiger partial charge in [0.05, 0.1) is 20.0 Å². The third-order valence-electron chi connectivity index (χ3n) is 2.97. The molecule has 1 aliphatic heterocycles. The zero-order valence-corrected chi connectivity index (χ0v) is 11.4. The quantitative estimate of drug-likeness (QED) is 0.613. The molecule has 0 bridgehead atoms. The fourth-order valence-electron chi connectivity index (χ4n) is 1.67. The van der Waals surface area contributed by atoms with Gasteiger partial charge in [0, 0.05) is 26.2 Å². The highest BCUT2D eigenvalue weighted by Gasteiger charge is 2.20. The Hall–Kier alpha value is -1.63. The lowest BCUT2D eigenvalue weighted by Gasteiger charge is -2.32. The number of amides is 1. The second-order valence-electron chi connectivity index (χ2n) is 4.42. The molecule has 19 heavy (non-hydrogen) atoms. The van der Waals surface area contributed by atoms with Gasteiger partial charge in [-0.15, -0.1) is 0 Å². The molecule has 108 valence electrons. The van der Waals surface area contributed by atoms with Crippen molar-refractivity contribution >= 4 is 17.8 Å². The van der Waals surface area contributed by atoms with Crippen LogP contribution in [0, 0.1) is 0 Å². The summed E-state index contributed by atoms with van der Waals surface area (Å²) < 4.78 is 9.23.